The van der Waals surface area contributed by atoms with E-state index in [0.29, 0.717) is 102 Å². The van der Waals surface area contributed by atoms with Gasteiger partial charge in [-0.25, -0.2) is 52.4 Å². The first-order chi connectivity index (χ1) is 63.6. The van der Waals surface area contributed by atoms with Crippen LogP contribution < -0.4 is 38.5 Å². The maximum Gasteiger partial charge on any atom is 0.258 e. The minimum absolute atomic E-state index is 0.0378. The zero-order valence-corrected chi connectivity index (χ0v) is 74.6. The summed E-state index contributed by atoms with van der Waals surface area (Å²) in [5, 5.41) is 16.8. The highest BCUT2D eigenvalue weighted by Gasteiger charge is 2.34. The van der Waals surface area contributed by atoms with Gasteiger partial charge in [0.2, 0.25) is 40.1 Å². The van der Waals surface area contributed by atoms with Crippen molar-refractivity contribution >= 4 is 176 Å². The molecule has 4 aliphatic rings. The standard InChI is InChI=1S/C25H20ClN3O3S.C25H20FN3O3S.C24H19ClN4O3S.C24H19FN4O3S/c26-22-12-9-19(16-21(22)24-13-8-17-4-1-2-5-23(17)28-24)27-25(30)18-6-10-20(11-7-18)29-14-3-15-33(29,31)32;26-23-16-20(29-13-4-14-33(29,31)32)9-10-22(23)25(30)28-19-7-3-6-18(15-19)24-21-8-2-1-5-17(21)11-12-27-24;25-21-15-18(29-12-3-13-33(29,31)32)7-8-19(21)24(30)28-17-5-1-4-16(14-17)23-20-6-2-10-26-22(20)9-11-27-23;25-21-14-19(29-11-2-12-33(29,31)32)6-7-20(21)24(30)27-18-4-1-3-16(13-18)22-8-5-17-15-26-10-9-23(17)28-22/h1-2,4-13,16H,3,14-15H2,(H,27,30);1-3,5-12,15-16H,4,13-14H2,(H,28,30);1-2,4-11,14-15H,3,12-13H2,(H,28,30);1,3-10,13-15H,2,11-12H2,(H,27,30). The van der Waals surface area contributed by atoms with Crippen LogP contribution >= 0.6 is 23.2 Å². The van der Waals surface area contributed by atoms with E-state index in [-0.39, 0.29) is 67.9 Å². The van der Waals surface area contributed by atoms with Crippen molar-refractivity contribution in [3.05, 3.63) is 348 Å². The Kier molecular flexibility index (Phi) is 25.9. The number of nitrogens with zero attached hydrogens (tertiary/aromatic N) is 10. The fourth-order valence-corrected chi connectivity index (χ4v) is 22.5. The molecule has 132 heavy (non-hydrogen) atoms. The molecule has 0 saturated carbocycles. The number of amides is 4. The molecule has 4 aliphatic heterocycles. The molecule has 4 amide bonds. The van der Waals surface area contributed by atoms with Gasteiger partial charge in [-0.05, 0) is 219 Å². The van der Waals surface area contributed by atoms with Crippen LogP contribution in [0.5, 0.6) is 0 Å². The molecule has 4 fully saturated rings. The molecule has 664 valence electrons. The van der Waals surface area contributed by atoms with Crippen molar-refractivity contribution in [2.45, 2.75) is 25.7 Å². The number of aromatic nitrogens is 6. The van der Waals surface area contributed by atoms with E-state index in [1.165, 1.54) is 47.6 Å². The van der Waals surface area contributed by atoms with E-state index in [0.717, 1.165) is 94.9 Å². The fourth-order valence-electron chi connectivity index (χ4n) is 15.8. The number of sulfonamides is 4. The number of fused-ring (bicyclic) bond motifs is 4. The number of carbonyl (C=O) groups excluding carboxylic acids is 4. The SMILES string of the molecule is O=C(Nc1ccc(Cl)c(-c2ccc3ccccc3n2)c1)c1ccc(N2CCCS2(=O)=O)cc1.O=C(Nc1cccc(-c2ccc3cnccc3n2)c1)c1ccc(N2CCCS2(=O)=O)cc1F.O=C(Nc1cccc(-c2nccc3ccccc23)c1)c1ccc(N2CCCS2(=O)=O)cc1F.O=C(Nc1cccc(-c2nccc3ncccc23)c1)c1ccc(N2CCCS2(=O)=O)cc1Cl. The van der Waals surface area contributed by atoms with Gasteiger partial charge in [-0.2, -0.15) is 0 Å². The van der Waals surface area contributed by atoms with Crippen molar-refractivity contribution in [1.29, 1.82) is 0 Å². The van der Waals surface area contributed by atoms with Crippen LogP contribution in [0.4, 0.5) is 54.3 Å². The van der Waals surface area contributed by atoms with E-state index in [4.69, 9.17) is 28.2 Å². The van der Waals surface area contributed by atoms with E-state index in [1.54, 1.807) is 128 Å². The molecule has 10 heterocycles. The van der Waals surface area contributed by atoms with Crippen LogP contribution in [-0.2, 0) is 40.1 Å². The quantitative estimate of drug-likeness (QED) is 0.0698. The lowest BCUT2D eigenvalue weighted by molar-refractivity contribution is 0.101. The van der Waals surface area contributed by atoms with Gasteiger partial charge in [0.05, 0.1) is 112 Å². The number of halogens is 4. The van der Waals surface area contributed by atoms with Gasteiger partial charge in [-0.3, -0.25) is 56.3 Å². The van der Waals surface area contributed by atoms with Crippen molar-refractivity contribution < 1.29 is 61.6 Å². The molecule has 0 aliphatic carbocycles. The van der Waals surface area contributed by atoms with Crippen molar-refractivity contribution in [2.24, 2.45) is 0 Å². The van der Waals surface area contributed by atoms with Crippen LogP contribution in [0.2, 0.25) is 10.0 Å². The molecular weight excluding hydrogens is 1800 g/mol. The number of nitrogens with one attached hydrogen (secondary N) is 4. The highest BCUT2D eigenvalue weighted by atomic mass is 35.5. The minimum atomic E-state index is -3.43. The first kappa shape index (κ1) is 89.4. The van der Waals surface area contributed by atoms with Crippen molar-refractivity contribution in [3.63, 3.8) is 0 Å². The Balaban J connectivity index is 0.000000123. The van der Waals surface area contributed by atoms with Crippen LogP contribution in [-0.4, -0.2) is 136 Å². The van der Waals surface area contributed by atoms with Gasteiger partial charge in [0, 0.05) is 129 Å². The molecule has 4 saturated heterocycles. The van der Waals surface area contributed by atoms with Gasteiger partial charge < -0.3 is 21.3 Å². The van der Waals surface area contributed by atoms with E-state index in [9.17, 15) is 61.6 Å². The molecule has 26 nitrogen and oxygen atoms in total. The summed E-state index contributed by atoms with van der Waals surface area (Å²) in [5.74, 6) is -3.15. The number of carbonyl (C=O) groups is 4. The average Bonchev–Trinajstić information content (AvgIpc) is 1.56. The lowest BCUT2D eigenvalue weighted by atomic mass is 10.0. The lowest BCUT2D eigenvalue weighted by Gasteiger charge is -2.18. The zero-order chi connectivity index (χ0) is 92.0. The second kappa shape index (κ2) is 38.3. The van der Waals surface area contributed by atoms with Gasteiger partial charge in [0.25, 0.3) is 23.6 Å². The number of hydrogen-bond donors (Lipinski definition) is 4. The number of rotatable bonds is 16. The summed E-state index contributed by atoms with van der Waals surface area (Å²) in [7, 11) is -13.4. The Morgan fingerprint density at radius 3 is 1.34 bits per heavy atom. The van der Waals surface area contributed by atoms with E-state index in [1.807, 2.05) is 133 Å². The molecule has 10 aromatic carbocycles. The third kappa shape index (κ3) is 19.9. The lowest BCUT2D eigenvalue weighted by Crippen LogP contribution is -2.25. The number of hydrogen-bond acceptors (Lipinski definition) is 18. The van der Waals surface area contributed by atoms with Gasteiger partial charge in [-0.15, -0.1) is 0 Å². The fraction of sp³-hybridized carbons (Fsp3) is 0.122. The van der Waals surface area contributed by atoms with Gasteiger partial charge >= 0.3 is 0 Å². The topological polar surface area (TPSA) is 343 Å². The molecule has 16 aromatic rings. The van der Waals surface area contributed by atoms with Crippen molar-refractivity contribution in [3.8, 4) is 45.0 Å². The summed E-state index contributed by atoms with van der Waals surface area (Å²) in [6.07, 6.45) is 10.8. The Morgan fingerprint density at radius 1 is 0.326 bits per heavy atom. The van der Waals surface area contributed by atoms with E-state index < -0.39 is 63.5 Å². The van der Waals surface area contributed by atoms with E-state index in [2.05, 4.69) is 46.2 Å². The predicted octanol–water partition coefficient (Wildman–Crippen LogP) is 19.2. The largest absolute Gasteiger partial charge is 0.322 e. The van der Waals surface area contributed by atoms with Crippen molar-refractivity contribution in [2.75, 3.05) is 87.7 Å². The van der Waals surface area contributed by atoms with Crippen LogP contribution in [0.3, 0.4) is 0 Å². The Labute approximate surface area is 768 Å². The first-order valence-corrected chi connectivity index (χ1v) is 48.8. The van der Waals surface area contributed by atoms with Crippen LogP contribution in [0.15, 0.2) is 304 Å². The molecule has 20 rings (SSSR count). The second-order valence-electron chi connectivity index (χ2n) is 31.0. The van der Waals surface area contributed by atoms with E-state index >= 15 is 0 Å². The van der Waals surface area contributed by atoms with Crippen LogP contribution in [0, 0.1) is 11.6 Å². The summed E-state index contributed by atoms with van der Waals surface area (Å²) in [6, 6.07) is 78.7. The smallest absolute Gasteiger partial charge is 0.258 e. The minimum Gasteiger partial charge on any atom is -0.322 e. The highest BCUT2D eigenvalue weighted by molar-refractivity contribution is 7.94. The molecular formula is C98H78Cl2F2N14O12S4. The molecule has 0 spiro atoms. The third-order valence-electron chi connectivity index (χ3n) is 22.3. The summed E-state index contributed by atoms with van der Waals surface area (Å²) >= 11 is 12.8. The normalized spacial score (nSPS) is 15.0. The summed E-state index contributed by atoms with van der Waals surface area (Å²) in [6.45, 7) is 1.49. The second-order valence-corrected chi connectivity index (χ2v) is 39.9. The summed E-state index contributed by atoms with van der Waals surface area (Å²) in [4.78, 5) is 77.9. The average molecular weight is 1880 g/mol. The third-order valence-corrected chi connectivity index (χ3v) is 30.4. The van der Waals surface area contributed by atoms with Gasteiger partial charge in [-0.1, -0.05) is 108 Å². The predicted molar refractivity (Wildman–Crippen MR) is 515 cm³/mol. The molecule has 4 N–H and O–H groups in total. The van der Waals surface area contributed by atoms with Gasteiger partial charge in [0.1, 0.15) is 11.6 Å². The first-order valence-electron chi connectivity index (χ1n) is 41.6. The van der Waals surface area contributed by atoms with Crippen LogP contribution in [0.1, 0.15) is 67.1 Å². The summed E-state index contributed by atoms with van der Waals surface area (Å²) < 4.78 is 131. The molecule has 0 radical (unpaired) electrons. The number of benzene rings is 10. The Hall–Kier alpha value is -14.5. The number of para-hydroxylation sites is 1. The van der Waals surface area contributed by atoms with Crippen molar-refractivity contribution in [1.82, 2.24) is 29.9 Å². The Bertz CT molecular complexity index is 7510. The highest BCUT2D eigenvalue weighted by Crippen LogP contribution is 2.38. The maximum atomic E-state index is 14.7. The monoisotopic (exact) mass is 1880 g/mol. The molecule has 0 atom stereocenters. The number of anilines is 8. The number of pyridine rings is 6. The molecule has 0 unspecified atom stereocenters. The van der Waals surface area contributed by atoms with Crippen LogP contribution in [0.25, 0.3) is 88.5 Å². The molecule has 6 aromatic heterocycles. The molecule has 0 bridgehead atoms. The zero-order valence-electron chi connectivity index (χ0n) is 69.9. The Morgan fingerprint density at radius 2 is 0.773 bits per heavy atom. The maximum absolute atomic E-state index is 14.7. The van der Waals surface area contributed by atoms with Gasteiger partial charge in [0.15, 0.2) is 0 Å². The molecule has 34 heteroatoms. The summed E-state index contributed by atoms with van der Waals surface area (Å²) in [5.41, 5.74) is 12.7.